The highest BCUT2D eigenvalue weighted by Gasteiger charge is 2.35. The van der Waals surface area contributed by atoms with E-state index in [4.69, 9.17) is 4.84 Å². The molecule has 1 fully saturated rings. The zero-order valence-electron chi connectivity index (χ0n) is 10.1. The maximum absolute atomic E-state index is 11.9. The Morgan fingerprint density at radius 3 is 2.60 bits per heavy atom. The van der Waals surface area contributed by atoms with Gasteiger partial charge in [-0.05, 0) is 47.1 Å². The zero-order valence-corrected chi connectivity index (χ0v) is 10.1. The molecule has 15 heavy (non-hydrogen) atoms. The summed E-state index contributed by atoms with van der Waals surface area (Å²) in [5.41, 5.74) is 1.88. The van der Waals surface area contributed by atoms with Gasteiger partial charge in [-0.15, -0.1) is 0 Å². The van der Waals surface area contributed by atoms with Crippen LogP contribution in [0.25, 0.3) is 0 Å². The number of piperidine rings is 1. The van der Waals surface area contributed by atoms with Crippen LogP contribution in [0.15, 0.2) is 0 Å². The van der Waals surface area contributed by atoms with Gasteiger partial charge in [0.15, 0.2) is 0 Å². The van der Waals surface area contributed by atoms with Crippen LogP contribution >= 0.6 is 0 Å². The predicted molar refractivity (Wildman–Crippen MR) is 59.2 cm³/mol. The normalized spacial score (nSPS) is 27.5. The summed E-state index contributed by atoms with van der Waals surface area (Å²) >= 11 is 0. The van der Waals surface area contributed by atoms with Crippen molar-refractivity contribution in [3.05, 3.63) is 0 Å². The van der Waals surface area contributed by atoms with Crippen molar-refractivity contribution < 1.29 is 9.63 Å². The minimum absolute atomic E-state index is 0.0235. The number of hydroxylamine groups is 1. The lowest BCUT2D eigenvalue weighted by atomic mass is 9.82. The second-order valence-electron chi connectivity index (χ2n) is 5.49. The molecule has 0 saturated carbocycles. The van der Waals surface area contributed by atoms with Gasteiger partial charge in [-0.2, -0.15) is 0 Å². The van der Waals surface area contributed by atoms with E-state index in [0.717, 1.165) is 25.9 Å². The van der Waals surface area contributed by atoms with Crippen LogP contribution in [0.2, 0.25) is 0 Å². The fourth-order valence-corrected chi connectivity index (χ4v) is 1.57. The molecule has 0 spiro atoms. The van der Waals surface area contributed by atoms with E-state index in [0.29, 0.717) is 0 Å². The molecule has 1 saturated heterocycles. The molecular weight excluding hydrogens is 192 g/mol. The Morgan fingerprint density at radius 2 is 2.13 bits per heavy atom. The van der Waals surface area contributed by atoms with Crippen molar-refractivity contribution in [1.29, 1.82) is 0 Å². The van der Waals surface area contributed by atoms with Crippen molar-refractivity contribution in [2.24, 2.45) is 5.41 Å². The Hall–Kier alpha value is -0.610. The summed E-state index contributed by atoms with van der Waals surface area (Å²) in [7, 11) is 0. The Bertz CT molecular complexity index is 227. The van der Waals surface area contributed by atoms with E-state index in [1.165, 1.54) is 0 Å². The molecule has 0 aromatic rings. The van der Waals surface area contributed by atoms with Crippen molar-refractivity contribution in [2.45, 2.75) is 46.1 Å². The molecule has 1 heterocycles. The Morgan fingerprint density at radius 1 is 1.47 bits per heavy atom. The molecule has 0 aromatic heterocycles. The molecule has 2 N–H and O–H groups in total. The van der Waals surface area contributed by atoms with E-state index in [1.54, 1.807) is 0 Å². The van der Waals surface area contributed by atoms with Crippen LogP contribution in [-0.4, -0.2) is 24.6 Å². The number of hydrogen-bond acceptors (Lipinski definition) is 3. The molecule has 1 atom stereocenters. The van der Waals surface area contributed by atoms with Gasteiger partial charge in [0.25, 0.3) is 5.91 Å². The molecular formula is C11H22N2O2. The third-order valence-electron chi connectivity index (χ3n) is 2.60. The van der Waals surface area contributed by atoms with E-state index in [-0.39, 0.29) is 16.9 Å². The first-order valence-corrected chi connectivity index (χ1v) is 5.53. The van der Waals surface area contributed by atoms with E-state index in [1.807, 2.05) is 27.7 Å². The first-order chi connectivity index (χ1) is 6.83. The van der Waals surface area contributed by atoms with E-state index in [2.05, 4.69) is 10.8 Å². The summed E-state index contributed by atoms with van der Waals surface area (Å²) in [6, 6.07) is 0. The van der Waals surface area contributed by atoms with Gasteiger partial charge in [-0.1, -0.05) is 0 Å². The van der Waals surface area contributed by atoms with Gasteiger partial charge in [0.1, 0.15) is 0 Å². The van der Waals surface area contributed by atoms with Crippen molar-refractivity contribution in [3.63, 3.8) is 0 Å². The second-order valence-corrected chi connectivity index (χ2v) is 5.49. The minimum atomic E-state index is -0.339. The third kappa shape index (κ3) is 3.80. The number of hydrogen-bond donors (Lipinski definition) is 2. The average Bonchev–Trinajstić information content (AvgIpc) is 2.14. The van der Waals surface area contributed by atoms with Gasteiger partial charge in [0.2, 0.25) is 0 Å². The summed E-state index contributed by atoms with van der Waals surface area (Å²) in [6.45, 7) is 9.44. The van der Waals surface area contributed by atoms with E-state index in [9.17, 15) is 4.79 Å². The second kappa shape index (κ2) is 4.49. The number of amides is 1. The number of carbonyl (C=O) groups excluding carboxylic acids is 1. The lowest BCUT2D eigenvalue weighted by molar-refractivity contribution is -0.156. The van der Waals surface area contributed by atoms with E-state index >= 15 is 0 Å². The average molecular weight is 214 g/mol. The molecule has 1 aliphatic rings. The number of carbonyl (C=O) groups is 1. The molecule has 1 unspecified atom stereocenters. The molecule has 88 valence electrons. The fraction of sp³-hybridized carbons (Fsp3) is 0.909. The molecule has 0 aliphatic carbocycles. The molecule has 0 aromatic carbocycles. The van der Waals surface area contributed by atoms with Crippen LogP contribution in [0.1, 0.15) is 40.5 Å². The van der Waals surface area contributed by atoms with Gasteiger partial charge < -0.3 is 5.32 Å². The maximum atomic E-state index is 11.9. The predicted octanol–water partition coefficient (Wildman–Crippen LogP) is 1.22. The lowest BCUT2D eigenvalue weighted by Gasteiger charge is -2.33. The number of nitrogens with one attached hydrogen (secondary N) is 2. The largest absolute Gasteiger partial charge is 0.316 e. The Kier molecular flexibility index (Phi) is 3.73. The maximum Gasteiger partial charge on any atom is 0.250 e. The highest BCUT2D eigenvalue weighted by atomic mass is 16.7. The smallest absolute Gasteiger partial charge is 0.250 e. The first-order valence-electron chi connectivity index (χ1n) is 5.53. The molecule has 1 rings (SSSR count). The van der Waals surface area contributed by atoms with Crippen LogP contribution in [-0.2, 0) is 9.63 Å². The first kappa shape index (κ1) is 12.5. The van der Waals surface area contributed by atoms with Crippen molar-refractivity contribution in [3.8, 4) is 0 Å². The monoisotopic (exact) mass is 214 g/mol. The molecule has 1 aliphatic heterocycles. The summed E-state index contributed by atoms with van der Waals surface area (Å²) in [5, 5.41) is 3.24. The van der Waals surface area contributed by atoms with Crippen LogP contribution in [0.4, 0.5) is 0 Å². The summed E-state index contributed by atoms with van der Waals surface area (Å²) < 4.78 is 0. The van der Waals surface area contributed by atoms with Gasteiger partial charge in [-0.25, -0.2) is 5.48 Å². The molecule has 0 bridgehead atoms. The Labute approximate surface area is 91.7 Å². The van der Waals surface area contributed by atoms with Crippen molar-refractivity contribution in [2.75, 3.05) is 13.1 Å². The lowest BCUT2D eigenvalue weighted by Crippen LogP contribution is -2.50. The summed E-state index contributed by atoms with van der Waals surface area (Å²) in [4.78, 5) is 17.2. The fourth-order valence-electron chi connectivity index (χ4n) is 1.57. The summed E-state index contributed by atoms with van der Waals surface area (Å²) in [5.74, 6) is -0.0235. The third-order valence-corrected chi connectivity index (χ3v) is 2.60. The topological polar surface area (TPSA) is 50.4 Å². The Balaban J connectivity index is 2.45. The van der Waals surface area contributed by atoms with Gasteiger partial charge >= 0.3 is 0 Å². The highest BCUT2D eigenvalue weighted by Crippen LogP contribution is 2.25. The van der Waals surface area contributed by atoms with Gasteiger partial charge in [-0.3, -0.25) is 9.63 Å². The van der Waals surface area contributed by atoms with Crippen LogP contribution in [0.3, 0.4) is 0 Å². The molecule has 4 heteroatoms. The standard InChI is InChI=1S/C11H22N2O2/c1-10(2,3)15-13-9(14)11(4)6-5-7-12-8-11/h12H,5-8H2,1-4H3,(H,13,14). The quantitative estimate of drug-likeness (QED) is 0.680. The van der Waals surface area contributed by atoms with Crippen molar-refractivity contribution in [1.82, 2.24) is 10.8 Å². The van der Waals surface area contributed by atoms with Crippen LogP contribution < -0.4 is 10.8 Å². The van der Waals surface area contributed by atoms with Crippen LogP contribution in [0.5, 0.6) is 0 Å². The SMILES string of the molecule is CC(C)(C)ONC(=O)C1(C)CCCNC1. The summed E-state index contributed by atoms with van der Waals surface area (Å²) in [6.07, 6.45) is 1.96. The highest BCUT2D eigenvalue weighted by molar-refractivity contribution is 5.81. The van der Waals surface area contributed by atoms with Gasteiger partial charge in [0, 0.05) is 6.54 Å². The minimum Gasteiger partial charge on any atom is -0.316 e. The molecule has 1 amide bonds. The van der Waals surface area contributed by atoms with Gasteiger partial charge in [0.05, 0.1) is 11.0 Å². The van der Waals surface area contributed by atoms with Crippen molar-refractivity contribution >= 4 is 5.91 Å². The molecule has 4 nitrogen and oxygen atoms in total. The molecule has 0 radical (unpaired) electrons. The number of rotatable bonds is 2. The van der Waals surface area contributed by atoms with Crippen LogP contribution in [0, 0.1) is 5.41 Å². The zero-order chi connectivity index (χ0) is 11.5. The van der Waals surface area contributed by atoms with E-state index < -0.39 is 0 Å².